The van der Waals surface area contributed by atoms with E-state index in [2.05, 4.69) is 225 Å². The number of fused-ring (bicyclic) bond motifs is 5. The molecule has 0 aliphatic carbocycles. The fraction of sp³-hybridized carbons (Fsp3) is 0. The molecule has 0 bridgehead atoms. The van der Waals surface area contributed by atoms with Gasteiger partial charge in [-0.3, -0.25) is 0 Å². The van der Waals surface area contributed by atoms with Gasteiger partial charge in [0.1, 0.15) is 11.3 Å². The van der Waals surface area contributed by atoms with Gasteiger partial charge in [-0.15, -0.1) is 0 Å². The summed E-state index contributed by atoms with van der Waals surface area (Å²) in [4.78, 5) is 25.5. The van der Waals surface area contributed by atoms with E-state index in [4.69, 9.17) is 19.9 Å². The zero-order valence-electron chi connectivity index (χ0n) is 40.0. The summed E-state index contributed by atoms with van der Waals surface area (Å²) in [6, 6.07) is 85.1. The van der Waals surface area contributed by atoms with Crippen LogP contribution in [0.1, 0.15) is 0 Å². The summed E-state index contributed by atoms with van der Waals surface area (Å²) in [6.07, 6.45) is 8.22. The average Bonchev–Trinajstić information content (AvgIpc) is 4.13. The largest absolute Gasteiger partial charge is 0.310 e. The first-order chi connectivity index (χ1) is 36.7. The standard InChI is InChI=1S/C66H44N8/c1-3-17-47(18-4-1)73(49-33-29-45(30-34-49)59-43-71-41-15-13-27-63(71)67-59)61-39-37-55(51-21-7-9-23-53(51)61)65-66(70-58-26-12-11-25-57(58)69-65)56-38-40-62(54-24-10-8-22-52(54)56)74(48-19-5-2-6-20-48)50-35-31-46(32-36-50)60-44-72-42-16-14-28-64(72)68-60/h1-44H. The Kier molecular flexibility index (Phi) is 10.3. The fourth-order valence-electron chi connectivity index (χ4n) is 10.5. The zero-order chi connectivity index (χ0) is 49.0. The zero-order valence-corrected chi connectivity index (χ0v) is 40.0. The van der Waals surface area contributed by atoms with Crippen LogP contribution in [0, 0.1) is 0 Å². The molecule has 0 N–H and O–H groups in total. The quantitative estimate of drug-likeness (QED) is 0.136. The molecule has 9 aromatic carbocycles. The van der Waals surface area contributed by atoms with Crippen LogP contribution in [0.4, 0.5) is 34.1 Å². The lowest BCUT2D eigenvalue weighted by atomic mass is 9.93. The number of aromatic nitrogens is 6. The van der Waals surface area contributed by atoms with Gasteiger partial charge >= 0.3 is 0 Å². The first-order valence-electron chi connectivity index (χ1n) is 24.8. The van der Waals surface area contributed by atoms with Crippen LogP contribution in [0.3, 0.4) is 0 Å². The van der Waals surface area contributed by atoms with Gasteiger partial charge in [0.05, 0.1) is 45.2 Å². The van der Waals surface area contributed by atoms with E-state index >= 15 is 0 Å². The van der Waals surface area contributed by atoms with E-state index in [1.54, 1.807) is 0 Å². The van der Waals surface area contributed by atoms with Crippen molar-refractivity contribution >= 4 is 78.0 Å². The predicted molar refractivity (Wildman–Crippen MR) is 303 cm³/mol. The van der Waals surface area contributed by atoms with Crippen molar-refractivity contribution < 1.29 is 0 Å². The van der Waals surface area contributed by atoms with E-state index < -0.39 is 0 Å². The smallest absolute Gasteiger partial charge is 0.137 e. The lowest BCUT2D eigenvalue weighted by molar-refractivity contribution is 1.19. The molecule has 0 aliphatic rings. The number of nitrogens with zero attached hydrogens (tertiary/aromatic N) is 8. The van der Waals surface area contributed by atoms with Crippen molar-refractivity contribution in [2.24, 2.45) is 0 Å². The number of para-hydroxylation sites is 4. The number of hydrogen-bond donors (Lipinski definition) is 0. The minimum absolute atomic E-state index is 0.815. The molecule has 74 heavy (non-hydrogen) atoms. The van der Waals surface area contributed by atoms with Crippen LogP contribution < -0.4 is 9.80 Å². The van der Waals surface area contributed by atoms with Gasteiger partial charge in [0, 0.05) is 80.6 Å². The Bertz CT molecular complexity index is 4030. The van der Waals surface area contributed by atoms with Crippen LogP contribution in [0.5, 0.6) is 0 Å². The lowest BCUT2D eigenvalue weighted by Crippen LogP contribution is -2.11. The van der Waals surface area contributed by atoms with E-state index in [1.165, 1.54) is 0 Å². The van der Waals surface area contributed by atoms with Crippen molar-refractivity contribution in [3.8, 4) is 45.0 Å². The Hall–Kier alpha value is -10.2. The number of rotatable bonds is 10. The summed E-state index contributed by atoms with van der Waals surface area (Å²) < 4.78 is 4.11. The normalized spacial score (nSPS) is 11.5. The molecule has 0 radical (unpaired) electrons. The molecule has 14 aromatic rings. The highest BCUT2D eigenvalue weighted by Crippen LogP contribution is 2.47. The highest BCUT2D eigenvalue weighted by Gasteiger charge is 2.24. The van der Waals surface area contributed by atoms with Gasteiger partial charge in [0.2, 0.25) is 0 Å². The maximum atomic E-state index is 5.52. The molecule has 0 saturated carbocycles. The molecule has 14 rings (SSSR count). The molecule has 348 valence electrons. The van der Waals surface area contributed by atoms with Crippen molar-refractivity contribution in [1.29, 1.82) is 0 Å². The minimum Gasteiger partial charge on any atom is -0.310 e. The summed E-state index contributed by atoms with van der Waals surface area (Å²) >= 11 is 0. The van der Waals surface area contributed by atoms with Gasteiger partial charge in [-0.05, 0) is 120 Å². The van der Waals surface area contributed by atoms with Crippen molar-refractivity contribution in [3.63, 3.8) is 0 Å². The Morgan fingerprint density at radius 1 is 0.284 bits per heavy atom. The van der Waals surface area contributed by atoms with Crippen LogP contribution in [0.15, 0.2) is 267 Å². The van der Waals surface area contributed by atoms with Gasteiger partial charge in [0.15, 0.2) is 0 Å². The second-order valence-electron chi connectivity index (χ2n) is 18.4. The Morgan fingerprint density at radius 2 is 0.649 bits per heavy atom. The molecule has 8 nitrogen and oxygen atoms in total. The average molecular weight is 949 g/mol. The third-order valence-electron chi connectivity index (χ3n) is 14.0. The van der Waals surface area contributed by atoms with Gasteiger partial charge in [0.25, 0.3) is 0 Å². The predicted octanol–water partition coefficient (Wildman–Crippen LogP) is 16.8. The van der Waals surface area contributed by atoms with Crippen molar-refractivity contribution in [3.05, 3.63) is 267 Å². The second kappa shape index (κ2) is 17.9. The summed E-state index contributed by atoms with van der Waals surface area (Å²) in [5.74, 6) is 0. The van der Waals surface area contributed by atoms with Crippen LogP contribution in [-0.2, 0) is 0 Å². The minimum atomic E-state index is 0.815. The topological polar surface area (TPSA) is 66.9 Å². The van der Waals surface area contributed by atoms with Crippen molar-refractivity contribution in [2.45, 2.75) is 0 Å². The summed E-state index contributed by atoms with van der Waals surface area (Å²) in [5.41, 5.74) is 17.4. The molecule has 0 saturated heterocycles. The first-order valence-corrected chi connectivity index (χ1v) is 24.8. The molecule has 0 unspecified atom stereocenters. The molecule has 5 aromatic heterocycles. The molecule has 0 fully saturated rings. The van der Waals surface area contributed by atoms with Gasteiger partial charge in [-0.2, -0.15) is 0 Å². The summed E-state index contributed by atoms with van der Waals surface area (Å²) in [5, 5.41) is 4.32. The van der Waals surface area contributed by atoms with Crippen molar-refractivity contribution in [1.82, 2.24) is 28.7 Å². The Balaban J connectivity index is 0.906. The fourth-order valence-corrected chi connectivity index (χ4v) is 10.5. The molecule has 0 aliphatic heterocycles. The monoisotopic (exact) mass is 948 g/mol. The highest BCUT2D eigenvalue weighted by atomic mass is 15.2. The Labute approximate surface area is 427 Å². The molecule has 0 amide bonds. The van der Waals surface area contributed by atoms with E-state index in [1.807, 2.05) is 60.9 Å². The van der Waals surface area contributed by atoms with Crippen LogP contribution >= 0.6 is 0 Å². The number of anilines is 6. The lowest BCUT2D eigenvalue weighted by Gasteiger charge is -2.28. The number of benzene rings is 9. The number of hydrogen-bond acceptors (Lipinski definition) is 6. The van der Waals surface area contributed by atoms with Gasteiger partial charge in [-0.25, -0.2) is 19.9 Å². The van der Waals surface area contributed by atoms with Gasteiger partial charge < -0.3 is 18.6 Å². The first kappa shape index (κ1) is 42.7. The molecule has 0 spiro atoms. The molecule has 8 heteroatoms. The summed E-state index contributed by atoms with van der Waals surface area (Å²) in [7, 11) is 0. The molecule has 0 atom stereocenters. The van der Waals surface area contributed by atoms with Gasteiger partial charge in [-0.1, -0.05) is 133 Å². The SMILES string of the molecule is c1ccc(N(c2ccc(-c3cn4ccccc4n3)cc2)c2ccc(-c3nc4ccccc4nc3-c3ccc(N(c4ccccc4)c4ccc(-c5cn6ccccc6n5)cc4)c4ccccc34)c3ccccc23)cc1. The van der Waals surface area contributed by atoms with E-state index in [0.717, 1.165) is 123 Å². The van der Waals surface area contributed by atoms with E-state index in [9.17, 15) is 0 Å². The summed E-state index contributed by atoms with van der Waals surface area (Å²) in [6.45, 7) is 0. The van der Waals surface area contributed by atoms with Crippen LogP contribution in [-0.4, -0.2) is 28.7 Å². The van der Waals surface area contributed by atoms with Crippen molar-refractivity contribution in [2.75, 3.05) is 9.80 Å². The highest BCUT2D eigenvalue weighted by molar-refractivity contribution is 6.11. The molecule has 5 heterocycles. The van der Waals surface area contributed by atoms with Crippen LogP contribution in [0.2, 0.25) is 0 Å². The molecular weight excluding hydrogens is 905 g/mol. The molecular formula is C66H44N8. The third-order valence-corrected chi connectivity index (χ3v) is 14.0. The van der Waals surface area contributed by atoms with E-state index in [0.29, 0.717) is 0 Å². The third kappa shape index (κ3) is 7.48. The maximum Gasteiger partial charge on any atom is 0.137 e. The number of pyridine rings is 2. The van der Waals surface area contributed by atoms with E-state index in [-0.39, 0.29) is 0 Å². The Morgan fingerprint density at radius 3 is 1.07 bits per heavy atom. The second-order valence-corrected chi connectivity index (χ2v) is 18.4. The number of imidazole rings is 2. The maximum absolute atomic E-state index is 5.52. The van der Waals surface area contributed by atoms with Crippen LogP contribution in [0.25, 0.3) is 88.9 Å².